The maximum atomic E-state index is 13.2. The van der Waals surface area contributed by atoms with Gasteiger partial charge in [0.05, 0.1) is 18.2 Å². The number of anilines is 1. The van der Waals surface area contributed by atoms with E-state index < -0.39 is 35.0 Å². The molecule has 2 atom stereocenters. The van der Waals surface area contributed by atoms with Crippen LogP contribution in [0.2, 0.25) is 0 Å². The smallest absolute Gasteiger partial charge is 0.433 e. The molecule has 0 aliphatic carbocycles. The summed E-state index contributed by atoms with van der Waals surface area (Å²) < 4.78 is 68.7. The topological polar surface area (TPSA) is 109 Å². The number of pyridine rings is 1. The summed E-state index contributed by atoms with van der Waals surface area (Å²) in [6, 6.07) is 7.11. The summed E-state index contributed by atoms with van der Waals surface area (Å²) in [6.07, 6.45) is -0.541. The lowest BCUT2D eigenvalue weighted by molar-refractivity contribution is -0.141. The van der Waals surface area contributed by atoms with Crippen molar-refractivity contribution >= 4 is 22.9 Å². The number of hydrogen-bond acceptors (Lipinski definition) is 5. The van der Waals surface area contributed by atoms with Gasteiger partial charge in [-0.3, -0.25) is 9.00 Å². The molecule has 35 heavy (non-hydrogen) atoms. The number of benzene rings is 1. The minimum absolute atomic E-state index is 0.0920. The number of ether oxygens (including phenoxy) is 1. The number of rotatable bonds is 13. The third kappa shape index (κ3) is 8.21. The molecule has 7 nitrogen and oxygen atoms in total. The molecule has 2 unspecified atom stereocenters. The monoisotopic (exact) mass is 514 g/mol. The summed E-state index contributed by atoms with van der Waals surface area (Å²) in [7, 11) is 1.40. The van der Waals surface area contributed by atoms with E-state index in [2.05, 4.69) is 11.9 Å². The van der Waals surface area contributed by atoms with Crippen LogP contribution in [0.5, 0.6) is 5.88 Å². The molecule has 0 fully saturated rings. The Morgan fingerprint density at radius 3 is 2.51 bits per heavy atom. The van der Waals surface area contributed by atoms with E-state index in [0.717, 1.165) is 29.6 Å². The van der Waals surface area contributed by atoms with Crippen LogP contribution in [0.25, 0.3) is 0 Å². The molecule has 1 amide bonds. The van der Waals surface area contributed by atoms with E-state index in [9.17, 15) is 26.7 Å². The maximum absolute atomic E-state index is 13.2. The summed E-state index contributed by atoms with van der Waals surface area (Å²) in [4.78, 5) is 15.9. The number of unbranched alkanes of at least 4 members (excludes halogenated alkanes) is 3. The van der Waals surface area contributed by atoms with Crippen LogP contribution in [0.15, 0.2) is 30.3 Å². The van der Waals surface area contributed by atoms with E-state index >= 15 is 0 Å². The third-order valence-electron chi connectivity index (χ3n) is 5.70. The predicted octanol–water partition coefficient (Wildman–Crippen LogP) is 4.80. The Bertz CT molecular complexity index is 1030. The summed E-state index contributed by atoms with van der Waals surface area (Å²) >= 11 is -2.45. The van der Waals surface area contributed by atoms with E-state index in [1.54, 1.807) is 25.1 Å². The van der Waals surface area contributed by atoms with E-state index in [-0.39, 0.29) is 25.3 Å². The molecule has 0 spiro atoms. The van der Waals surface area contributed by atoms with Crippen molar-refractivity contribution in [1.82, 2.24) is 4.98 Å². The van der Waals surface area contributed by atoms with Gasteiger partial charge in [-0.2, -0.15) is 13.2 Å². The van der Waals surface area contributed by atoms with Crippen molar-refractivity contribution in [1.29, 1.82) is 0 Å². The molecule has 0 saturated carbocycles. The van der Waals surface area contributed by atoms with Crippen molar-refractivity contribution in [2.45, 2.75) is 64.5 Å². The van der Waals surface area contributed by atoms with Crippen LogP contribution in [0.4, 0.5) is 18.9 Å². The van der Waals surface area contributed by atoms with Gasteiger partial charge in [0, 0.05) is 23.9 Å². The van der Waals surface area contributed by atoms with Crippen LogP contribution >= 0.6 is 0 Å². The lowest BCUT2D eigenvalue weighted by Crippen LogP contribution is -2.23. The van der Waals surface area contributed by atoms with Crippen LogP contribution < -0.4 is 14.8 Å². The third-order valence-corrected chi connectivity index (χ3v) is 6.34. The normalized spacial score (nSPS) is 13.3. The predicted molar refractivity (Wildman–Crippen MR) is 128 cm³/mol. The number of alkyl halides is 3. The molecule has 1 aromatic heterocycles. The second kappa shape index (κ2) is 12.9. The van der Waals surface area contributed by atoms with Gasteiger partial charge in [0.25, 0.3) is 0 Å². The van der Waals surface area contributed by atoms with Gasteiger partial charge >= 0.3 is 6.18 Å². The Morgan fingerprint density at radius 1 is 1.23 bits per heavy atom. The number of aromatic nitrogens is 1. The zero-order valence-corrected chi connectivity index (χ0v) is 20.9. The second-order valence-corrected chi connectivity index (χ2v) is 9.30. The summed E-state index contributed by atoms with van der Waals surface area (Å²) in [6.45, 7) is 4.01. The van der Waals surface area contributed by atoms with Crippen LogP contribution in [0.3, 0.4) is 0 Å². The Balaban J connectivity index is 2.24. The highest BCUT2D eigenvalue weighted by atomic mass is 32.2. The van der Waals surface area contributed by atoms with Crippen molar-refractivity contribution in [3.8, 4) is 5.88 Å². The standard InChI is InChI=1S/C24H32F3N3O4S/c1-4-5-6-7-14-34-23-17(10-13-21(29-23)24(25,26)27)8-11-19(22(28)31)18-9-12-20(16(2)15-18)30(3)35(32)33/h9-10,12-13,15,19H,4-8,11,14H2,1-3H3,(H2,28,31)(H,32,33)/p-1. The molecule has 1 heterocycles. The quantitative estimate of drug-likeness (QED) is 0.305. The highest BCUT2D eigenvalue weighted by Gasteiger charge is 2.33. The SMILES string of the molecule is CCCCCCOc1nc(C(F)(F)F)ccc1CCC(C(N)=O)c1ccc(N(C)S(=O)[O-])c(C)c1. The van der Waals surface area contributed by atoms with Gasteiger partial charge in [-0.15, -0.1) is 0 Å². The summed E-state index contributed by atoms with van der Waals surface area (Å²) in [5.74, 6) is -1.42. The molecule has 194 valence electrons. The fraction of sp³-hybridized carbons (Fsp3) is 0.500. The van der Waals surface area contributed by atoms with Crippen molar-refractivity contribution in [2.75, 3.05) is 18.0 Å². The van der Waals surface area contributed by atoms with Gasteiger partial charge in [0.2, 0.25) is 11.8 Å². The van der Waals surface area contributed by atoms with Crippen molar-refractivity contribution in [3.05, 3.63) is 52.7 Å². The van der Waals surface area contributed by atoms with Gasteiger partial charge in [-0.25, -0.2) is 4.98 Å². The fourth-order valence-electron chi connectivity index (χ4n) is 3.74. The van der Waals surface area contributed by atoms with Crippen LogP contribution in [-0.4, -0.2) is 33.3 Å². The fourth-order valence-corrected chi connectivity index (χ4v) is 4.11. The summed E-state index contributed by atoms with van der Waals surface area (Å²) in [5.41, 5.74) is 6.72. The summed E-state index contributed by atoms with van der Waals surface area (Å²) in [5, 5.41) is 0. The number of nitrogens with two attached hydrogens (primary N) is 1. The Hall–Kier alpha value is -2.66. The van der Waals surface area contributed by atoms with Crippen LogP contribution in [0.1, 0.15) is 67.3 Å². The number of aryl methyl sites for hydroxylation is 2. The molecule has 2 aromatic rings. The zero-order chi connectivity index (χ0) is 26.2. The lowest BCUT2D eigenvalue weighted by Gasteiger charge is -2.24. The van der Waals surface area contributed by atoms with Gasteiger partial charge in [0.15, 0.2) is 0 Å². The molecule has 2 N–H and O–H groups in total. The first-order chi connectivity index (χ1) is 16.5. The average molecular weight is 515 g/mol. The number of carbonyl (C=O) groups is 1. The van der Waals surface area contributed by atoms with Crippen LogP contribution in [0, 0.1) is 6.92 Å². The van der Waals surface area contributed by atoms with Crippen molar-refractivity contribution in [2.24, 2.45) is 5.73 Å². The van der Waals surface area contributed by atoms with E-state index in [4.69, 9.17) is 10.5 Å². The maximum Gasteiger partial charge on any atom is 0.433 e. The van der Waals surface area contributed by atoms with Gasteiger partial charge in [-0.05, 0) is 49.4 Å². The highest BCUT2D eigenvalue weighted by molar-refractivity contribution is 7.80. The van der Waals surface area contributed by atoms with Crippen LogP contribution in [-0.2, 0) is 28.7 Å². The number of carbonyl (C=O) groups excluding carboxylic acids is 1. The molecule has 0 aliphatic heterocycles. The van der Waals surface area contributed by atoms with Crippen molar-refractivity contribution in [3.63, 3.8) is 0 Å². The first-order valence-electron chi connectivity index (χ1n) is 11.4. The molecule has 2 rings (SSSR count). The first kappa shape index (κ1) is 28.6. The van der Waals surface area contributed by atoms with Gasteiger partial charge < -0.3 is 19.3 Å². The molecular weight excluding hydrogens is 483 g/mol. The highest BCUT2D eigenvalue weighted by Crippen LogP contribution is 2.32. The number of nitrogens with zero attached hydrogens (tertiary/aromatic N) is 2. The largest absolute Gasteiger partial charge is 0.755 e. The minimum atomic E-state index is -4.60. The second-order valence-electron chi connectivity index (χ2n) is 8.32. The Labute approximate surface area is 206 Å². The van der Waals surface area contributed by atoms with E-state index in [1.165, 1.54) is 13.1 Å². The average Bonchev–Trinajstić information content (AvgIpc) is 2.78. The molecule has 0 bridgehead atoms. The Morgan fingerprint density at radius 2 is 1.94 bits per heavy atom. The van der Waals surface area contributed by atoms with E-state index in [0.29, 0.717) is 28.8 Å². The Kier molecular flexibility index (Phi) is 10.5. The number of halogens is 3. The van der Waals surface area contributed by atoms with Gasteiger partial charge in [-0.1, -0.05) is 44.4 Å². The molecule has 0 saturated heterocycles. The minimum Gasteiger partial charge on any atom is -0.755 e. The molecule has 1 aromatic carbocycles. The van der Waals surface area contributed by atoms with Crippen molar-refractivity contribution < 1.29 is 31.5 Å². The number of primary amides is 1. The number of amides is 1. The molecule has 0 radical (unpaired) electrons. The molecule has 11 heteroatoms. The molecular formula is C24H31F3N3O4S-. The number of hydrogen-bond donors (Lipinski definition) is 1. The van der Waals surface area contributed by atoms with Gasteiger partial charge in [0.1, 0.15) is 5.69 Å². The first-order valence-corrected chi connectivity index (χ1v) is 12.4. The zero-order valence-electron chi connectivity index (χ0n) is 20.1. The lowest BCUT2D eigenvalue weighted by atomic mass is 9.90. The molecule has 0 aliphatic rings. The van der Waals surface area contributed by atoms with E-state index in [1.807, 2.05) is 0 Å².